The molecular weight excluding hydrogens is 495 g/mol. The normalized spacial score (nSPS) is 15.4. The van der Waals surface area contributed by atoms with Crippen LogP contribution in [0.15, 0.2) is 79.5 Å². The number of piperazine rings is 1. The summed E-state index contributed by atoms with van der Waals surface area (Å²) in [6.07, 6.45) is 6.44. The molecular formula is C29H23FN8O. The summed E-state index contributed by atoms with van der Waals surface area (Å²) in [6, 6.07) is 17.2. The van der Waals surface area contributed by atoms with Crippen LogP contribution in [0.25, 0.3) is 28.0 Å². The van der Waals surface area contributed by atoms with Gasteiger partial charge in [0.1, 0.15) is 29.5 Å². The Morgan fingerprint density at radius 3 is 2.62 bits per heavy atom. The predicted octanol–water partition coefficient (Wildman–Crippen LogP) is 4.24. The van der Waals surface area contributed by atoms with E-state index in [1.165, 1.54) is 12.4 Å². The van der Waals surface area contributed by atoms with Gasteiger partial charge in [-0.05, 0) is 37.3 Å². The molecule has 1 atom stereocenters. The third kappa shape index (κ3) is 4.34. The summed E-state index contributed by atoms with van der Waals surface area (Å²) in [5.74, 6) is 0.650. The molecule has 9 nitrogen and oxygen atoms in total. The van der Waals surface area contributed by atoms with Gasteiger partial charge in [0, 0.05) is 55.4 Å². The number of carbonyl (C=O) groups is 1. The largest absolute Gasteiger partial charge is 0.350 e. The number of benzene rings is 1. The predicted molar refractivity (Wildman–Crippen MR) is 144 cm³/mol. The molecule has 0 unspecified atom stereocenters. The lowest BCUT2D eigenvalue weighted by molar-refractivity contribution is 0.0720. The number of halogens is 1. The molecule has 1 fully saturated rings. The van der Waals surface area contributed by atoms with Gasteiger partial charge in [-0.3, -0.25) is 14.3 Å². The molecule has 1 amide bonds. The highest BCUT2D eigenvalue weighted by Crippen LogP contribution is 2.38. The van der Waals surface area contributed by atoms with Gasteiger partial charge in [-0.25, -0.2) is 19.3 Å². The maximum atomic E-state index is 15.1. The van der Waals surface area contributed by atoms with Gasteiger partial charge in [-0.2, -0.15) is 5.26 Å². The van der Waals surface area contributed by atoms with Crippen molar-refractivity contribution < 1.29 is 9.18 Å². The Labute approximate surface area is 223 Å². The molecule has 10 heteroatoms. The van der Waals surface area contributed by atoms with Gasteiger partial charge in [-0.1, -0.05) is 24.3 Å². The minimum absolute atomic E-state index is 0.0821. The van der Waals surface area contributed by atoms with E-state index >= 15 is 4.39 Å². The summed E-state index contributed by atoms with van der Waals surface area (Å²) in [4.78, 5) is 34.8. The summed E-state index contributed by atoms with van der Waals surface area (Å²) >= 11 is 0. The fraction of sp³-hybridized carbons (Fsp3) is 0.172. The second-order valence-corrected chi connectivity index (χ2v) is 9.31. The molecule has 4 aromatic heterocycles. The molecule has 0 radical (unpaired) electrons. The molecule has 1 aliphatic rings. The number of rotatable bonds is 4. The fourth-order valence-corrected chi connectivity index (χ4v) is 5.05. The Bertz CT molecular complexity index is 1730. The summed E-state index contributed by atoms with van der Waals surface area (Å²) < 4.78 is 16.9. The quantitative estimate of drug-likeness (QED) is 0.351. The Morgan fingerprint density at radius 1 is 1.00 bits per heavy atom. The van der Waals surface area contributed by atoms with Gasteiger partial charge < -0.3 is 9.80 Å². The van der Waals surface area contributed by atoms with Gasteiger partial charge in [0.05, 0.1) is 17.0 Å². The summed E-state index contributed by atoms with van der Waals surface area (Å²) in [7, 11) is 0. The van der Waals surface area contributed by atoms with Crippen LogP contribution in [0.5, 0.6) is 0 Å². The van der Waals surface area contributed by atoms with Crippen molar-refractivity contribution in [2.75, 3.05) is 24.5 Å². The van der Waals surface area contributed by atoms with Crippen molar-refractivity contribution in [2.45, 2.75) is 13.0 Å². The van der Waals surface area contributed by atoms with Crippen LogP contribution in [0.3, 0.4) is 0 Å². The number of fused-ring (bicyclic) bond motifs is 1. The van der Waals surface area contributed by atoms with Crippen LogP contribution in [0.1, 0.15) is 23.0 Å². The van der Waals surface area contributed by atoms with E-state index in [1.807, 2.05) is 6.92 Å². The first kappa shape index (κ1) is 24.2. The Morgan fingerprint density at radius 2 is 1.85 bits per heavy atom. The van der Waals surface area contributed by atoms with E-state index in [9.17, 15) is 10.1 Å². The second kappa shape index (κ2) is 9.95. The maximum absolute atomic E-state index is 15.1. The van der Waals surface area contributed by atoms with Crippen molar-refractivity contribution in [2.24, 2.45) is 0 Å². The number of nitrogens with zero attached hydrogens (tertiary/aromatic N) is 8. The number of aromatic nitrogens is 5. The molecule has 0 aliphatic carbocycles. The lowest BCUT2D eigenvalue weighted by atomic mass is 10.0. The SMILES string of the molecule is C[C@H]1CN(C(=O)c2ccccn2)CCN1c1ncnc2c1c(-c1ccccc1F)cn2-c1cc(C#N)ccn1. The first-order valence-electron chi connectivity index (χ1n) is 12.5. The number of hydrogen-bond donors (Lipinski definition) is 0. The molecule has 1 aliphatic heterocycles. The summed E-state index contributed by atoms with van der Waals surface area (Å²) in [5.41, 5.74) is 2.42. The lowest BCUT2D eigenvalue weighted by Crippen LogP contribution is -2.54. The van der Waals surface area contributed by atoms with Crippen molar-refractivity contribution >= 4 is 22.8 Å². The number of carbonyl (C=O) groups excluding carboxylic acids is 1. The van der Waals surface area contributed by atoms with Crippen molar-refractivity contribution in [3.63, 3.8) is 0 Å². The highest BCUT2D eigenvalue weighted by atomic mass is 19.1. The number of amides is 1. The van der Waals surface area contributed by atoms with Crippen molar-refractivity contribution in [3.8, 4) is 23.0 Å². The lowest BCUT2D eigenvalue weighted by Gasteiger charge is -2.40. The molecule has 5 aromatic rings. The van der Waals surface area contributed by atoms with E-state index in [0.717, 1.165) is 0 Å². The highest BCUT2D eigenvalue weighted by Gasteiger charge is 2.31. The third-order valence-electron chi connectivity index (χ3n) is 6.92. The Balaban J connectivity index is 1.45. The first-order valence-corrected chi connectivity index (χ1v) is 12.5. The molecule has 1 saturated heterocycles. The van der Waals surface area contributed by atoms with E-state index in [-0.39, 0.29) is 17.8 Å². The van der Waals surface area contributed by atoms with Crippen LogP contribution >= 0.6 is 0 Å². The molecule has 0 N–H and O–H groups in total. The standard InChI is InChI=1S/C29H23FN8O/c1-19-16-36(29(39)24-8-4-5-10-32-24)12-13-37(19)27-26-22(21-6-2-3-7-23(21)30)17-38(28(26)35-18-34-27)25-14-20(15-31)9-11-33-25/h2-11,14,17-19H,12-13,16H2,1H3/t19-/m0/s1. The molecule has 0 saturated carbocycles. The van der Waals surface area contributed by atoms with Gasteiger partial charge in [0.2, 0.25) is 0 Å². The van der Waals surface area contributed by atoms with E-state index < -0.39 is 0 Å². The second-order valence-electron chi connectivity index (χ2n) is 9.31. The smallest absolute Gasteiger partial charge is 0.272 e. The van der Waals surface area contributed by atoms with Crippen LogP contribution < -0.4 is 4.90 Å². The van der Waals surface area contributed by atoms with Crippen molar-refractivity contribution in [1.29, 1.82) is 5.26 Å². The van der Waals surface area contributed by atoms with Gasteiger partial charge in [0.15, 0.2) is 5.65 Å². The minimum Gasteiger partial charge on any atom is -0.350 e. The minimum atomic E-state index is -0.371. The fourth-order valence-electron chi connectivity index (χ4n) is 5.05. The van der Waals surface area contributed by atoms with Gasteiger partial charge >= 0.3 is 0 Å². The average Bonchev–Trinajstić information content (AvgIpc) is 3.37. The van der Waals surface area contributed by atoms with Crippen molar-refractivity contribution in [1.82, 2.24) is 29.4 Å². The highest BCUT2D eigenvalue weighted by molar-refractivity contribution is 6.02. The monoisotopic (exact) mass is 518 g/mol. The van der Waals surface area contributed by atoms with E-state index in [4.69, 9.17) is 0 Å². The van der Waals surface area contributed by atoms with Crippen LogP contribution in [0.2, 0.25) is 0 Å². The van der Waals surface area contributed by atoms with E-state index in [0.29, 0.717) is 64.7 Å². The molecule has 6 rings (SSSR count). The Hall–Kier alpha value is -5.17. The molecule has 39 heavy (non-hydrogen) atoms. The van der Waals surface area contributed by atoms with Crippen LogP contribution in [-0.4, -0.2) is 61.0 Å². The van der Waals surface area contributed by atoms with E-state index in [1.54, 1.807) is 76.6 Å². The maximum Gasteiger partial charge on any atom is 0.272 e. The molecule has 192 valence electrons. The topological polar surface area (TPSA) is 104 Å². The molecule has 1 aromatic carbocycles. The van der Waals surface area contributed by atoms with Crippen LogP contribution in [-0.2, 0) is 0 Å². The van der Waals surface area contributed by atoms with Crippen LogP contribution in [0, 0.1) is 17.1 Å². The van der Waals surface area contributed by atoms with Gasteiger partial charge in [-0.15, -0.1) is 0 Å². The number of nitriles is 1. The zero-order valence-electron chi connectivity index (χ0n) is 21.1. The molecule has 5 heterocycles. The summed E-state index contributed by atoms with van der Waals surface area (Å²) in [6.45, 7) is 3.51. The zero-order valence-corrected chi connectivity index (χ0v) is 21.1. The average molecular weight is 519 g/mol. The Kier molecular flexibility index (Phi) is 6.17. The first-order chi connectivity index (χ1) is 19.0. The van der Waals surface area contributed by atoms with Crippen molar-refractivity contribution in [3.05, 3.63) is 96.6 Å². The van der Waals surface area contributed by atoms with E-state index in [2.05, 4.69) is 30.9 Å². The number of anilines is 1. The number of pyridine rings is 2. The summed E-state index contributed by atoms with van der Waals surface area (Å²) in [5, 5.41) is 10.1. The van der Waals surface area contributed by atoms with Gasteiger partial charge in [0.25, 0.3) is 5.91 Å². The molecule has 0 bridgehead atoms. The zero-order chi connectivity index (χ0) is 26.9. The third-order valence-corrected chi connectivity index (χ3v) is 6.92. The molecule has 0 spiro atoms. The number of hydrogen-bond acceptors (Lipinski definition) is 7. The van der Waals surface area contributed by atoms with Crippen LogP contribution in [0.4, 0.5) is 10.2 Å².